The van der Waals surface area contributed by atoms with Gasteiger partial charge in [-0.05, 0) is 37.1 Å². The van der Waals surface area contributed by atoms with Gasteiger partial charge in [-0.2, -0.15) is 0 Å². The average molecular weight is 296 g/mol. The summed E-state index contributed by atoms with van der Waals surface area (Å²) in [5.41, 5.74) is 1.02. The van der Waals surface area contributed by atoms with Gasteiger partial charge in [-0.15, -0.1) is 0 Å². The van der Waals surface area contributed by atoms with Gasteiger partial charge in [-0.1, -0.05) is 11.6 Å². The van der Waals surface area contributed by atoms with Crippen LogP contribution in [0.5, 0.6) is 5.75 Å². The summed E-state index contributed by atoms with van der Waals surface area (Å²) in [7, 11) is 0. The van der Waals surface area contributed by atoms with Crippen molar-refractivity contribution < 1.29 is 14.3 Å². The van der Waals surface area contributed by atoms with Gasteiger partial charge in [-0.25, -0.2) is 0 Å². The molecule has 1 aromatic rings. The predicted octanol–water partition coefficient (Wildman–Crippen LogP) is 2.14. The Bertz CT molecular complexity index is 520. The van der Waals surface area contributed by atoms with E-state index in [1.807, 2.05) is 30.0 Å². The summed E-state index contributed by atoms with van der Waals surface area (Å²) >= 11 is 6.01. The second-order valence-electron chi connectivity index (χ2n) is 5.42. The summed E-state index contributed by atoms with van der Waals surface area (Å²) in [5.74, 6) is 0.876. The van der Waals surface area contributed by atoms with Crippen LogP contribution in [0, 0.1) is 5.92 Å². The number of carbonyl (C=O) groups is 1. The summed E-state index contributed by atoms with van der Waals surface area (Å²) in [5, 5.41) is 0.681. The molecule has 0 spiro atoms. The van der Waals surface area contributed by atoms with Gasteiger partial charge in [0.2, 0.25) is 5.91 Å². The van der Waals surface area contributed by atoms with E-state index in [2.05, 4.69) is 0 Å². The second kappa shape index (κ2) is 5.62. The molecule has 20 heavy (non-hydrogen) atoms. The van der Waals surface area contributed by atoms with Crippen molar-refractivity contribution in [3.63, 3.8) is 0 Å². The van der Waals surface area contributed by atoms with E-state index < -0.39 is 0 Å². The van der Waals surface area contributed by atoms with Gasteiger partial charge >= 0.3 is 0 Å². The van der Waals surface area contributed by atoms with Gasteiger partial charge in [0.1, 0.15) is 12.4 Å². The first-order chi connectivity index (χ1) is 9.65. The van der Waals surface area contributed by atoms with Crippen LogP contribution in [-0.2, 0) is 16.0 Å². The average Bonchev–Trinajstić information content (AvgIpc) is 2.46. The molecular formula is C15H18ClNO3. The van der Waals surface area contributed by atoms with E-state index >= 15 is 0 Å². The minimum Gasteiger partial charge on any atom is -0.492 e. The molecule has 0 N–H and O–H groups in total. The molecular weight excluding hydrogens is 278 g/mol. The molecule has 0 radical (unpaired) electrons. The van der Waals surface area contributed by atoms with E-state index in [1.165, 1.54) is 0 Å². The van der Waals surface area contributed by atoms with Crippen LogP contribution in [0.3, 0.4) is 0 Å². The lowest BCUT2D eigenvalue weighted by Gasteiger charge is -2.36. The molecule has 1 saturated heterocycles. The summed E-state index contributed by atoms with van der Waals surface area (Å²) in [6, 6.07) is 5.71. The summed E-state index contributed by atoms with van der Waals surface area (Å²) in [6.45, 7) is 4.36. The van der Waals surface area contributed by atoms with E-state index in [0.29, 0.717) is 37.8 Å². The van der Waals surface area contributed by atoms with Gasteiger partial charge in [0, 0.05) is 11.6 Å². The van der Waals surface area contributed by atoms with Crippen molar-refractivity contribution >= 4 is 17.5 Å². The Morgan fingerprint density at radius 1 is 1.40 bits per heavy atom. The third kappa shape index (κ3) is 2.63. The number of rotatable bonds is 1. The number of benzene rings is 1. The van der Waals surface area contributed by atoms with E-state index in [0.717, 1.165) is 11.3 Å². The Kier molecular flexibility index (Phi) is 3.85. The van der Waals surface area contributed by atoms with Crippen LogP contribution in [-0.4, -0.2) is 43.2 Å². The zero-order chi connectivity index (χ0) is 14.1. The lowest BCUT2D eigenvalue weighted by Crippen LogP contribution is -2.51. The van der Waals surface area contributed by atoms with Crippen LogP contribution in [0.1, 0.15) is 12.5 Å². The molecule has 2 aliphatic heterocycles. The highest BCUT2D eigenvalue weighted by atomic mass is 35.5. The van der Waals surface area contributed by atoms with Crippen LogP contribution in [0.4, 0.5) is 0 Å². The highest BCUT2D eigenvalue weighted by molar-refractivity contribution is 6.30. The molecule has 0 saturated carbocycles. The van der Waals surface area contributed by atoms with E-state index in [9.17, 15) is 4.79 Å². The van der Waals surface area contributed by atoms with Crippen molar-refractivity contribution in [3.8, 4) is 5.75 Å². The molecule has 1 amide bonds. The van der Waals surface area contributed by atoms with Gasteiger partial charge in [-0.3, -0.25) is 4.79 Å². The molecule has 2 atom stereocenters. The monoisotopic (exact) mass is 295 g/mol. The van der Waals surface area contributed by atoms with Crippen LogP contribution in [0.2, 0.25) is 5.02 Å². The second-order valence-corrected chi connectivity index (χ2v) is 5.86. The van der Waals surface area contributed by atoms with Crippen LogP contribution in [0.25, 0.3) is 0 Å². The summed E-state index contributed by atoms with van der Waals surface area (Å²) in [4.78, 5) is 14.5. The van der Waals surface area contributed by atoms with Crippen molar-refractivity contribution in [2.24, 2.45) is 5.92 Å². The smallest absolute Gasteiger partial charge is 0.229 e. The lowest BCUT2D eigenvalue weighted by atomic mass is 9.95. The quantitative estimate of drug-likeness (QED) is 0.797. The topological polar surface area (TPSA) is 38.8 Å². The molecule has 108 valence electrons. The molecule has 2 aliphatic rings. The highest BCUT2D eigenvalue weighted by Crippen LogP contribution is 2.30. The molecule has 1 fully saturated rings. The highest BCUT2D eigenvalue weighted by Gasteiger charge is 2.33. The third-order valence-electron chi connectivity index (χ3n) is 3.93. The molecule has 0 bridgehead atoms. The summed E-state index contributed by atoms with van der Waals surface area (Å²) in [6.07, 6.45) is 0.693. The van der Waals surface area contributed by atoms with Gasteiger partial charge in [0.05, 0.1) is 25.2 Å². The lowest BCUT2D eigenvalue weighted by molar-refractivity contribution is -0.144. The normalized spacial score (nSPS) is 25.8. The summed E-state index contributed by atoms with van der Waals surface area (Å²) < 4.78 is 11.1. The number of carbonyl (C=O) groups excluding carboxylic acids is 1. The standard InChI is InChI=1S/C15H18ClNO3/c1-10-8-19-5-4-17(10)15(18)12-6-11-7-13(16)2-3-14(11)20-9-12/h2-3,7,10,12H,4-6,8-9H2,1H3/t10-,12-/m0/s1. The van der Waals surface area contributed by atoms with E-state index in [1.54, 1.807) is 0 Å². The first-order valence-corrected chi connectivity index (χ1v) is 7.32. The van der Waals surface area contributed by atoms with Crippen molar-refractivity contribution in [2.45, 2.75) is 19.4 Å². The SMILES string of the molecule is C[C@H]1COCCN1C(=O)[C@@H]1COc2ccc(Cl)cc2C1. The Hall–Kier alpha value is -1.26. The van der Waals surface area contributed by atoms with E-state index in [4.69, 9.17) is 21.1 Å². The largest absolute Gasteiger partial charge is 0.492 e. The fourth-order valence-corrected chi connectivity index (χ4v) is 3.01. The van der Waals surface area contributed by atoms with Crippen LogP contribution < -0.4 is 4.74 Å². The zero-order valence-electron chi connectivity index (χ0n) is 11.5. The van der Waals surface area contributed by atoms with Crippen LogP contribution >= 0.6 is 11.6 Å². The number of hydrogen-bond donors (Lipinski definition) is 0. The van der Waals surface area contributed by atoms with Gasteiger partial charge < -0.3 is 14.4 Å². The van der Waals surface area contributed by atoms with Gasteiger partial charge in [0.15, 0.2) is 0 Å². The Balaban J connectivity index is 1.74. The fourth-order valence-electron chi connectivity index (χ4n) is 2.81. The Morgan fingerprint density at radius 2 is 2.25 bits per heavy atom. The van der Waals surface area contributed by atoms with Crippen molar-refractivity contribution in [1.82, 2.24) is 4.90 Å². The number of morpholine rings is 1. The van der Waals surface area contributed by atoms with E-state index in [-0.39, 0.29) is 17.9 Å². The molecule has 3 rings (SSSR count). The Morgan fingerprint density at radius 3 is 3.05 bits per heavy atom. The van der Waals surface area contributed by atoms with Gasteiger partial charge in [0.25, 0.3) is 0 Å². The number of amides is 1. The maximum atomic E-state index is 12.6. The van der Waals surface area contributed by atoms with Crippen LogP contribution in [0.15, 0.2) is 18.2 Å². The Labute approximate surface area is 123 Å². The van der Waals surface area contributed by atoms with Crippen molar-refractivity contribution in [3.05, 3.63) is 28.8 Å². The maximum Gasteiger partial charge on any atom is 0.229 e. The van der Waals surface area contributed by atoms with Crippen molar-refractivity contribution in [1.29, 1.82) is 0 Å². The fraction of sp³-hybridized carbons (Fsp3) is 0.533. The first kappa shape index (κ1) is 13.7. The number of halogens is 1. The minimum atomic E-state index is -0.124. The molecule has 1 aromatic carbocycles. The third-order valence-corrected chi connectivity index (χ3v) is 4.16. The molecule has 5 heteroatoms. The molecule has 0 unspecified atom stereocenters. The molecule has 2 heterocycles. The van der Waals surface area contributed by atoms with Crippen molar-refractivity contribution in [2.75, 3.05) is 26.4 Å². The number of fused-ring (bicyclic) bond motifs is 1. The molecule has 0 aliphatic carbocycles. The number of hydrogen-bond acceptors (Lipinski definition) is 3. The number of ether oxygens (including phenoxy) is 2. The molecule has 0 aromatic heterocycles. The minimum absolute atomic E-state index is 0.124. The maximum absolute atomic E-state index is 12.6. The molecule has 4 nitrogen and oxygen atoms in total. The zero-order valence-corrected chi connectivity index (χ0v) is 12.2. The predicted molar refractivity (Wildman–Crippen MR) is 76.1 cm³/mol. The number of nitrogens with zero attached hydrogens (tertiary/aromatic N) is 1. The first-order valence-electron chi connectivity index (χ1n) is 6.94.